The molecular weight excluding hydrogens is 536 g/mol. The molecule has 4 atom stereocenters. The predicted molar refractivity (Wildman–Crippen MR) is 158 cm³/mol. The number of likely N-dealkylation sites (tertiary alicyclic amines) is 1. The number of hydrogen-bond donors (Lipinski definition) is 2. The Hall–Kier alpha value is -5.11. The van der Waals surface area contributed by atoms with Crippen LogP contribution in [0.4, 0.5) is 19.3 Å². The van der Waals surface area contributed by atoms with Gasteiger partial charge >= 0.3 is 6.03 Å². The number of hydrogen-bond acceptors (Lipinski definition) is 3. The molecule has 4 aromatic carbocycles. The third-order valence-corrected chi connectivity index (χ3v) is 7.48. The van der Waals surface area contributed by atoms with Crippen LogP contribution in [0.15, 0.2) is 109 Å². The van der Waals surface area contributed by atoms with E-state index in [1.807, 2.05) is 43.3 Å². The van der Waals surface area contributed by atoms with Crippen molar-refractivity contribution in [2.45, 2.75) is 24.9 Å². The van der Waals surface area contributed by atoms with Crippen molar-refractivity contribution >= 4 is 29.5 Å². The van der Waals surface area contributed by atoms with E-state index in [2.05, 4.69) is 5.32 Å². The monoisotopic (exact) mass is 565 g/mol. The number of nitrogens with two attached hydrogens (primary N) is 1. The first-order chi connectivity index (χ1) is 20.2. The third-order valence-electron chi connectivity index (χ3n) is 7.48. The van der Waals surface area contributed by atoms with E-state index < -0.39 is 47.5 Å². The number of aryl methyl sites for hydroxylation is 1. The quantitative estimate of drug-likeness (QED) is 0.256. The van der Waals surface area contributed by atoms with Crippen molar-refractivity contribution in [3.63, 3.8) is 0 Å². The van der Waals surface area contributed by atoms with Crippen LogP contribution in [0.3, 0.4) is 0 Å². The van der Waals surface area contributed by atoms with Crippen molar-refractivity contribution in [2.24, 2.45) is 11.7 Å². The number of anilines is 1. The van der Waals surface area contributed by atoms with Crippen molar-refractivity contribution in [3.05, 3.63) is 143 Å². The Balaban J connectivity index is 1.68. The number of rotatable bonds is 7. The number of halogens is 2. The summed E-state index contributed by atoms with van der Waals surface area (Å²) in [6.45, 7) is 1.87. The minimum Gasteiger partial charge on any atom is -0.368 e. The number of urea groups is 1. The summed E-state index contributed by atoms with van der Waals surface area (Å²) >= 11 is 0. The van der Waals surface area contributed by atoms with Crippen LogP contribution in [0.1, 0.15) is 33.0 Å². The lowest BCUT2D eigenvalue weighted by atomic mass is 9.77. The molecule has 1 heterocycles. The van der Waals surface area contributed by atoms with Crippen LogP contribution in [-0.2, 0) is 4.79 Å². The largest absolute Gasteiger partial charge is 0.368 e. The van der Waals surface area contributed by atoms with Crippen LogP contribution in [-0.4, -0.2) is 34.7 Å². The maximum absolute atomic E-state index is 14.3. The Morgan fingerprint density at radius 1 is 0.833 bits per heavy atom. The van der Waals surface area contributed by atoms with Gasteiger partial charge in [0.1, 0.15) is 17.7 Å². The van der Waals surface area contributed by atoms with Gasteiger partial charge in [-0.2, -0.15) is 0 Å². The van der Waals surface area contributed by atoms with E-state index in [-0.39, 0.29) is 5.78 Å². The fourth-order valence-corrected chi connectivity index (χ4v) is 5.61. The first-order valence-corrected chi connectivity index (χ1v) is 13.5. The molecule has 8 heteroatoms. The Bertz CT molecular complexity index is 1620. The summed E-state index contributed by atoms with van der Waals surface area (Å²) in [5.41, 5.74) is 8.85. The summed E-state index contributed by atoms with van der Waals surface area (Å²) in [4.78, 5) is 42.7. The van der Waals surface area contributed by atoms with Gasteiger partial charge in [-0.15, -0.1) is 0 Å². The predicted octanol–water partition coefficient (Wildman–Crippen LogP) is 6.34. The zero-order chi connectivity index (χ0) is 29.8. The van der Waals surface area contributed by atoms with E-state index in [1.165, 1.54) is 53.4 Å². The van der Waals surface area contributed by atoms with E-state index in [0.29, 0.717) is 16.8 Å². The van der Waals surface area contributed by atoms with E-state index >= 15 is 0 Å². The van der Waals surface area contributed by atoms with Crippen LogP contribution in [0.25, 0.3) is 6.08 Å². The van der Waals surface area contributed by atoms with E-state index in [9.17, 15) is 23.2 Å². The van der Waals surface area contributed by atoms with Crippen LogP contribution in [0.5, 0.6) is 0 Å². The molecule has 1 aliphatic rings. The smallest absolute Gasteiger partial charge is 0.323 e. The summed E-state index contributed by atoms with van der Waals surface area (Å²) in [5.74, 6) is -3.92. The minimum atomic E-state index is -1.26. The molecule has 0 aliphatic carbocycles. The number of carbonyl (C=O) groups excluding carboxylic acids is 3. The van der Waals surface area contributed by atoms with Gasteiger partial charge in [0.2, 0.25) is 5.91 Å². The van der Waals surface area contributed by atoms with E-state index in [4.69, 9.17) is 5.73 Å². The topological polar surface area (TPSA) is 92.5 Å². The summed E-state index contributed by atoms with van der Waals surface area (Å²) in [5, 5.41) is 2.72. The Labute approximate surface area is 242 Å². The zero-order valence-corrected chi connectivity index (χ0v) is 22.8. The molecule has 1 fully saturated rings. The number of nitrogens with one attached hydrogen (secondary N) is 1. The van der Waals surface area contributed by atoms with Crippen molar-refractivity contribution in [3.8, 4) is 0 Å². The molecule has 0 bridgehead atoms. The SMILES string of the molecule is Cc1cccc(C(=O)C2C(c3ccc(F)cc3)C(C(N)=O)N(C(=O)Nc3ccc(F)cc3)C2C=Cc2ccccc2)c1. The molecule has 6 nitrogen and oxygen atoms in total. The maximum Gasteiger partial charge on any atom is 0.323 e. The Morgan fingerprint density at radius 2 is 1.48 bits per heavy atom. The molecule has 1 aliphatic heterocycles. The molecule has 4 unspecified atom stereocenters. The number of ketones is 1. The van der Waals surface area contributed by atoms with E-state index in [0.717, 1.165) is 11.1 Å². The Morgan fingerprint density at radius 3 is 2.10 bits per heavy atom. The zero-order valence-electron chi connectivity index (χ0n) is 22.8. The number of carbonyl (C=O) groups is 3. The standard InChI is InChI=1S/C34H29F2N3O3/c1-21-6-5-9-24(20-21)32(40)30-28(19-10-22-7-3-2-4-8-22)39(34(42)38-27-17-15-26(36)16-18-27)31(33(37)41)29(30)23-11-13-25(35)14-12-23/h2-20,28-31H,1H3,(H2,37,41)(H,38,42). The summed E-state index contributed by atoms with van der Waals surface area (Å²) in [6.07, 6.45) is 3.50. The molecule has 1 saturated heterocycles. The van der Waals surface area contributed by atoms with Gasteiger partial charge in [-0.25, -0.2) is 13.6 Å². The molecule has 0 aromatic heterocycles. The highest BCUT2D eigenvalue weighted by molar-refractivity contribution is 6.03. The summed E-state index contributed by atoms with van der Waals surface area (Å²) in [7, 11) is 0. The van der Waals surface area contributed by atoms with Crippen molar-refractivity contribution in [1.29, 1.82) is 0 Å². The van der Waals surface area contributed by atoms with Crippen molar-refractivity contribution in [1.82, 2.24) is 4.90 Å². The van der Waals surface area contributed by atoms with Gasteiger partial charge in [-0.05, 0) is 60.5 Å². The fraction of sp³-hybridized carbons (Fsp3) is 0.147. The number of primary amides is 1. The lowest BCUT2D eigenvalue weighted by Crippen LogP contribution is -2.50. The minimum absolute atomic E-state index is 0.293. The number of amides is 3. The first-order valence-electron chi connectivity index (χ1n) is 13.5. The normalized spacial score (nSPS) is 20.0. The average Bonchev–Trinajstić information content (AvgIpc) is 3.33. The lowest BCUT2D eigenvalue weighted by molar-refractivity contribution is -0.122. The van der Waals surface area contributed by atoms with Crippen LogP contribution < -0.4 is 11.1 Å². The second kappa shape index (κ2) is 12.2. The van der Waals surface area contributed by atoms with E-state index in [1.54, 1.807) is 30.4 Å². The van der Waals surface area contributed by atoms with Gasteiger partial charge in [-0.1, -0.05) is 78.4 Å². The second-order valence-electron chi connectivity index (χ2n) is 10.3. The second-order valence-corrected chi connectivity index (χ2v) is 10.3. The first kappa shape index (κ1) is 28.4. The molecule has 5 rings (SSSR count). The van der Waals surface area contributed by atoms with Gasteiger partial charge in [0.25, 0.3) is 0 Å². The lowest BCUT2D eigenvalue weighted by Gasteiger charge is -2.29. The number of nitrogens with zero attached hydrogens (tertiary/aromatic N) is 1. The van der Waals surface area contributed by atoms with Crippen molar-refractivity contribution < 1.29 is 23.2 Å². The van der Waals surface area contributed by atoms with Crippen LogP contribution >= 0.6 is 0 Å². The number of benzene rings is 4. The average molecular weight is 566 g/mol. The highest BCUT2D eigenvalue weighted by Gasteiger charge is 2.55. The molecule has 0 spiro atoms. The number of Topliss-reactive ketones (excluding diaryl/α,β-unsaturated/α-hetero) is 1. The third kappa shape index (κ3) is 5.98. The Kier molecular flexibility index (Phi) is 8.24. The maximum atomic E-state index is 14.3. The van der Waals surface area contributed by atoms with Gasteiger partial charge in [0.05, 0.1) is 12.0 Å². The summed E-state index contributed by atoms with van der Waals surface area (Å²) in [6, 6.07) is 24.2. The molecule has 42 heavy (non-hydrogen) atoms. The molecular formula is C34H29F2N3O3. The van der Waals surface area contributed by atoms with Crippen LogP contribution in [0.2, 0.25) is 0 Å². The van der Waals surface area contributed by atoms with Gasteiger partial charge in [0.15, 0.2) is 5.78 Å². The molecule has 3 N–H and O–H groups in total. The highest BCUT2D eigenvalue weighted by Crippen LogP contribution is 2.45. The van der Waals surface area contributed by atoms with Gasteiger partial charge in [0, 0.05) is 17.2 Å². The molecule has 0 saturated carbocycles. The molecule has 0 radical (unpaired) electrons. The molecule has 3 amide bonds. The highest BCUT2D eigenvalue weighted by atomic mass is 19.1. The van der Waals surface area contributed by atoms with Gasteiger partial charge in [-0.3, -0.25) is 9.59 Å². The van der Waals surface area contributed by atoms with Crippen LogP contribution in [0, 0.1) is 24.5 Å². The molecule has 212 valence electrons. The summed E-state index contributed by atoms with van der Waals surface area (Å²) < 4.78 is 27.5. The van der Waals surface area contributed by atoms with Crippen molar-refractivity contribution in [2.75, 3.05) is 5.32 Å². The van der Waals surface area contributed by atoms with Gasteiger partial charge < -0.3 is 16.0 Å². The molecule has 4 aromatic rings. The fourth-order valence-electron chi connectivity index (χ4n) is 5.61.